The van der Waals surface area contributed by atoms with Crippen molar-refractivity contribution in [1.29, 1.82) is 0 Å². The SMILES string of the molecule is C=C/C(=C\C)c1cccc(C(=C)/C=C\C(=C(C)C)C(/C=N\CC)=C/C)c1. The molecule has 1 heteroatoms. The topological polar surface area (TPSA) is 12.4 Å². The van der Waals surface area contributed by atoms with Gasteiger partial charge < -0.3 is 0 Å². The third-order valence-electron chi connectivity index (χ3n) is 4.12. The summed E-state index contributed by atoms with van der Waals surface area (Å²) < 4.78 is 0. The van der Waals surface area contributed by atoms with Crippen LogP contribution in [0.25, 0.3) is 11.1 Å². The van der Waals surface area contributed by atoms with E-state index in [4.69, 9.17) is 0 Å². The molecule has 0 aliphatic carbocycles. The molecule has 0 saturated heterocycles. The van der Waals surface area contributed by atoms with E-state index in [0.717, 1.165) is 34.4 Å². The summed E-state index contributed by atoms with van der Waals surface area (Å²) in [6.07, 6.45) is 12.2. The second-order valence-electron chi connectivity index (χ2n) is 6.17. The predicted octanol–water partition coefficient (Wildman–Crippen LogP) is 7.22. The van der Waals surface area contributed by atoms with Gasteiger partial charge in [-0.3, -0.25) is 4.99 Å². The van der Waals surface area contributed by atoms with Crippen molar-refractivity contribution >= 4 is 17.4 Å². The monoisotopic (exact) mass is 345 g/mol. The van der Waals surface area contributed by atoms with Crippen LogP contribution in [-0.4, -0.2) is 12.8 Å². The van der Waals surface area contributed by atoms with E-state index < -0.39 is 0 Å². The van der Waals surface area contributed by atoms with E-state index >= 15 is 0 Å². The quantitative estimate of drug-likeness (QED) is 0.348. The van der Waals surface area contributed by atoms with Crippen LogP contribution in [-0.2, 0) is 0 Å². The third kappa shape index (κ3) is 6.00. The zero-order valence-corrected chi connectivity index (χ0v) is 16.8. The van der Waals surface area contributed by atoms with Crippen molar-refractivity contribution in [1.82, 2.24) is 0 Å². The molecule has 1 nitrogen and oxygen atoms in total. The molecule has 136 valence electrons. The molecule has 0 atom stereocenters. The van der Waals surface area contributed by atoms with Gasteiger partial charge in [0, 0.05) is 12.8 Å². The Kier molecular flexibility index (Phi) is 9.08. The van der Waals surface area contributed by atoms with Crippen LogP contribution in [0.4, 0.5) is 0 Å². The molecule has 1 aromatic rings. The van der Waals surface area contributed by atoms with Crippen LogP contribution in [0.2, 0.25) is 0 Å². The van der Waals surface area contributed by atoms with Crippen LogP contribution in [0, 0.1) is 0 Å². The van der Waals surface area contributed by atoms with Crippen LogP contribution in [0.5, 0.6) is 0 Å². The minimum Gasteiger partial charge on any atom is -0.293 e. The van der Waals surface area contributed by atoms with E-state index in [0.29, 0.717) is 0 Å². The van der Waals surface area contributed by atoms with Crippen LogP contribution < -0.4 is 0 Å². The zero-order chi connectivity index (χ0) is 19.5. The number of nitrogens with zero attached hydrogens (tertiary/aromatic N) is 1. The fourth-order valence-corrected chi connectivity index (χ4v) is 2.62. The Morgan fingerprint density at radius 2 is 1.77 bits per heavy atom. The molecule has 0 aromatic heterocycles. The molecule has 0 aliphatic heterocycles. The Hall–Kier alpha value is -2.67. The van der Waals surface area contributed by atoms with Crippen molar-refractivity contribution in [2.45, 2.75) is 34.6 Å². The third-order valence-corrected chi connectivity index (χ3v) is 4.12. The van der Waals surface area contributed by atoms with E-state index in [-0.39, 0.29) is 0 Å². The Morgan fingerprint density at radius 1 is 1.08 bits per heavy atom. The van der Waals surface area contributed by atoms with Gasteiger partial charge in [-0.1, -0.05) is 67.3 Å². The molecule has 0 heterocycles. The lowest BCUT2D eigenvalue weighted by molar-refractivity contribution is 1.14. The highest BCUT2D eigenvalue weighted by atomic mass is 14.7. The zero-order valence-electron chi connectivity index (χ0n) is 16.8. The minimum atomic E-state index is 0.785. The molecular weight excluding hydrogens is 314 g/mol. The van der Waals surface area contributed by atoms with Crippen molar-refractivity contribution < 1.29 is 0 Å². The van der Waals surface area contributed by atoms with Crippen LogP contribution >= 0.6 is 0 Å². The molecular formula is C25H31N. The highest BCUT2D eigenvalue weighted by Gasteiger charge is 2.03. The molecule has 0 N–H and O–H groups in total. The van der Waals surface area contributed by atoms with Crippen molar-refractivity contribution in [3.8, 4) is 0 Å². The Balaban J connectivity index is 3.15. The average molecular weight is 346 g/mol. The molecule has 0 radical (unpaired) electrons. The first-order valence-electron chi connectivity index (χ1n) is 9.08. The van der Waals surface area contributed by atoms with E-state index in [1.807, 2.05) is 33.1 Å². The summed E-state index contributed by atoms with van der Waals surface area (Å²) >= 11 is 0. The van der Waals surface area contributed by atoms with E-state index in [2.05, 4.69) is 80.6 Å². The minimum absolute atomic E-state index is 0.785. The molecule has 0 bridgehead atoms. The lowest BCUT2D eigenvalue weighted by Gasteiger charge is -2.08. The van der Waals surface area contributed by atoms with Crippen molar-refractivity contribution in [3.05, 3.63) is 95.6 Å². The van der Waals surface area contributed by atoms with E-state index in [1.54, 1.807) is 0 Å². The molecule has 0 saturated carbocycles. The van der Waals surface area contributed by atoms with Gasteiger partial charge in [0.2, 0.25) is 0 Å². The highest BCUT2D eigenvalue weighted by Crippen LogP contribution is 2.23. The smallest absolute Gasteiger partial charge is 0.0361 e. The van der Waals surface area contributed by atoms with Crippen molar-refractivity contribution in [2.75, 3.05) is 6.54 Å². The molecule has 1 rings (SSSR count). The standard InChI is InChI=1S/C25H31N/c1-8-21(9-2)24-14-12-13-23(17-24)20(7)15-16-25(19(5)6)22(10-3)18-26-11-4/h8-10,12-18H,1,7,11H2,2-6H3/b16-15-,21-9+,22-10+,26-18-. The van der Waals surface area contributed by atoms with E-state index in [9.17, 15) is 0 Å². The molecule has 0 aliphatic rings. The molecule has 0 fully saturated rings. The molecule has 0 amide bonds. The fraction of sp³-hybridized carbons (Fsp3) is 0.240. The maximum atomic E-state index is 4.38. The predicted molar refractivity (Wildman–Crippen MR) is 120 cm³/mol. The van der Waals surface area contributed by atoms with Crippen molar-refractivity contribution in [2.24, 2.45) is 4.99 Å². The van der Waals surface area contributed by atoms with Gasteiger partial charge in [-0.2, -0.15) is 0 Å². The van der Waals surface area contributed by atoms with Crippen LogP contribution in [0.15, 0.2) is 89.5 Å². The summed E-state index contributed by atoms with van der Waals surface area (Å²) in [4.78, 5) is 4.38. The van der Waals surface area contributed by atoms with Gasteiger partial charge in [0.05, 0.1) is 0 Å². The first-order chi connectivity index (χ1) is 12.5. The number of benzene rings is 1. The lowest BCUT2D eigenvalue weighted by Crippen LogP contribution is -1.93. The van der Waals surface area contributed by atoms with Crippen LogP contribution in [0.1, 0.15) is 45.7 Å². The van der Waals surface area contributed by atoms with Gasteiger partial charge in [0.15, 0.2) is 0 Å². The molecule has 0 spiro atoms. The van der Waals surface area contributed by atoms with Gasteiger partial charge in [0.25, 0.3) is 0 Å². The molecule has 0 unspecified atom stereocenters. The molecule has 1 aromatic carbocycles. The summed E-state index contributed by atoms with van der Waals surface area (Å²) in [7, 11) is 0. The maximum Gasteiger partial charge on any atom is 0.0361 e. The Bertz CT molecular complexity index is 791. The van der Waals surface area contributed by atoms with Gasteiger partial charge in [-0.05, 0) is 74.1 Å². The van der Waals surface area contributed by atoms with Gasteiger partial charge in [0.1, 0.15) is 0 Å². The number of aliphatic imine (C=N–C) groups is 1. The largest absolute Gasteiger partial charge is 0.293 e. The average Bonchev–Trinajstić information content (AvgIpc) is 2.65. The summed E-state index contributed by atoms with van der Waals surface area (Å²) in [6, 6.07) is 8.40. The highest BCUT2D eigenvalue weighted by molar-refractivity contribution is 5.87. The number of hydrogen-bond donors (Lipinski definition) is 0. The number of allylic oxidation sites excluding steroid dienone is 10. The number of hydrogen-bond acceptors (Lipinski definition) is 1. The number of rotatable bonds is 8. The van der Waals surface area contributed by atoms with E-state index in [1.165, 1.54) is 11.1 Å². The van der Waals surface area contributed by atoms with Gasteiger partial charge in [-0.25, -0.2) is 0 Å². The second kappa shape index (κ2) is 11.0. The second-order valence-corrected chi connectivity index (χ2v) is 6.17. The first-order valence-corrected chi connectivity index (χ1v) is 9.08. The summed E-state index contributed by atoms with van der Waals surface area (Å²) in [5.74, 6) is 0. The Morgan fingerprint density at radius 3 is 2.31 bits per heavy atom. The fourth-order valence-electron chi connectivity index (χ4n) is 2.62. The Labute approximate surface area is 159 Å². The van der Waals surface area contributed by atoms with Gasteiger partial charge >= 0.3 is 0 Å². The van der Waals surface area contributed by atoms with Crippen LogP contribution in [0.3, 0.4) is 0 Å². The summed E-state index contributed by atoms with van der Waals surface area (Å²) in [6.45, 7) is 19.3. The van der Waals surface area contributed by atoms with Crippen molar-refractivity contribution in [3.63, 3.8) is 0 Å². The van der Waals surface area contributed by atoms with Gasteiger partial charge in [-0.15, -0.1) is 0 Å². The first kappa shape index (κ1) is 21.4. The summed E-state index contributed by atoms with van der Waals surface area (Å²) in [5.41, 5.74) is 7.93. The summed E-state index contributed by atoms with van der Waals surface area (Å²) in [5, 5.41) is 0. The lowest BCUT2D eigenvalue weighted by atomic mass is 9.97. The normalized spacial score (nSPS) is 12.7. The molecule has 26 heavy (non-hydrogen) atoms. The maximum absolute atomic E-state index is 4.38.